The second-order valence-corrected chi connectivity index (χ2v) is 4.78. The number of rotatable bonds is 2. The van der Waals surface area contributed by atoms with E-state index in [4.69, 9.17) is 34.8 Å². The summed E-state index contributed by atoms with van der Waals surface area (Å²) in [6.45, 7) is 0. The second kappa shape index (κ2) is 5.09. The molecule has 1 atom stereocenters. The third-order valence-electron chi connectivity index (χ3n) is 2.30. The molecule has 0 nitrogen and oxygen atoms in total. The molecule has 0 spiro atoms. The third-order valence-corrected chi connectivity index (χ3v) is 3.30. The molecule has 0 heterocycles. The first kappa shape index (κ1) is 11.8. The predicted molar refractivity (Wildman–Crippen MR) is 70.6 cm³/mol. The number of benzene rings is 2. The Balaban J connectivity index is 2.31. The van der Waals surface area contributed by atoms with Gasteiger partial charge in [0, 0.05) is 10.0 Å². The number of hydrogen-bond donors (Lipinski definition) is 0. The van der Waals surface area contributed by atoms with E-state index in [1.165, 1.54) is 0 Å². The zero-order valence-electron chi connectivity index (χ0n) is 8.33. The van der Waals surface area contributed by atoms with E-state index < -0.39 is 0 Å². The first-order valence-electron chi connectivity index (χ1n) is 4.82. The Labute approximate surface area is 110 Å². The van der Waals surface area contributed by atoms with E-state index in [1.54, 1.807) is 0 Å². The maximum absolute atomic E-state index is 6.35. The van der Waals surface area contributed by atoms with Crippen molar-refractivity contribution < 1.29 is 0 Å². The highest BCUT2D eigenvalue weighted by Gasteiger charge is 2.10. The summed E-state index contributed by atoms with van der Waals surface area (Å²) in [5, 5.41) is 1.20. The average molecular weight is 272 g/mol. The van der Waals surface area contributed by atoms with Gasteiger partial charge in [-0.2, -0.15) is 0 Å². The van der Waals surface area contributed by atoms with Crippen LogP contribution in [-0.4, -0.2) is 0 Å². The summed E-state index contributed by atoms with van der Waals surface area (Å²) < 4.78 is 0. The Kier molecular flexibility index (Phi) is 3.75. The number of alkyl halides is 1. The van der Waals surface area contributed by atoms with Crippen molar-refractivity contribution in [3.05, 3.63) is 69.7 Å². The number of halogens is 3. The molecule has 16 heavy (non-hydrogen) atoms. The zero-order chi connectivity index (χ0) is 11.5. The lowest BCUT2D eigenvalue weighted by Gasteiger charge is -2.10. The van der Waals surface area contributed by atoms with Gasteiger partial charge < -0.3 is 0 Å². The van der Waals surface area contributed by atoms with Crippen molar-refractivity contribution in [2.24, 2.45) is 0 Å². The minimum Gasteiger partial charge on any atom is -0.113 e. The highest BCUT2D eigenvalue weighted by Crippen LogP contribution is 2.30. The molecule has 3 heteroatoms. The third kappa shape index (κ3) is 2.70. The lowest BCUT2D eigenvalue weighted by atomic mass is 10.0. The summed E-state index contributed by atoms with van der Waals surface area (Å²) in [5.74, 6) is 0. The highest BCUT2D eigenvalue weighted by atomic mass is 35.5. The van der Waals surface area contributed by atoms with Crippen LogP contribution in [0.5, 0.6) is 0 Å². The average Bonchev–Trinajstić information content (AvgIpc) is 2.29. The fourth-order valence-electron chi connectivity index (χ4n) is 1.49. The van der Waals surface area contributed by atoms with Gasteiger partial charge in [0.05, 0.1) is 5.38 Å². The molecule has 0 aliphatic carbocycles. The predicted octanol–water partition coefficient (Wildman–Crippen LogP) is 5.32. The molecule has 0 aromatic heterocycles. The molecule has 2 rings (SSSR count). The van der Waals surface area contributed by atoms with Crippen LogP contribution in [0.1, 0.15) is 16.5 Å². The SMILES string of the molecule is Clc1ccc(C(Cl)c2cccc(Cl)c2)cc1. The van der Waals surface area contributed by atoms with E-state index in [0.29, 0.717) is 10.0 Å². The summed E-state index contributed by atoms with van der Waals surface area (Å²) in [6.07, 6.45) is 0. The Morgan fingerprint density at radius 2 is 1.44 bits per heavy atom. The molecule has 2 aromatic carbocycles. The van der Waals surface area contributed by atoms with Gasteiger partial charge in [-0.1, -0.05) is 47.5 Å². The number of hydrogen-bond acceptors (Lipinski definition) is 0. The van der Waals surface area contributed by atoms with Crippen LogP contribution >= 0.6 is 34.8 Å². The van der Waals surface area contributed by atoms with Crippen LogP contribution < -0.4 is 0 Å². The smallest absolute Gasteiger partial charge is 0.0835 e. The van der Waals surface area contributed by atoms with E-state index >= 15 is 0 Å². The van der Waals surface area contributed by atoms with Gasteiger partial charge >= 0.3 is 0 Å². The van der Waals surface area contributed by atoms with Crippen LogP contribution in [0.25, 0.3) is 0 Å². The van der Waals surface area contributed by atoms with Gasteiger partial charge in [0.1, 0.15) is 0 Å². The molecular formula is C13H9Cl3. The molecule has 1 unspecified atom stereocenters. The van der Waals surface area contributed by atoms with Crippen LogP contribution in [0.2, 0.25) is 10.0 Å². The maximum Gasteiger partial charge on any atom is 0.0835 e. The summed E-state index contributed by atoms with van der Waals surface area (Å²) >= 11 is 18.1. The van der Waals surface area contributed by atoms with Gasteiger partial charge in [0.15, 0.2) is 0 Å². The summed E-state index contributed by atoms with van der Waals surface area (Å²) in [5.41, 5.74) is 1.99. The lowest BCUT2D eigenvalue weighted by Crippen LogP contribution is -1.92. The molecule has 0 amide bonds. The molecule has 0 N–H and O–H groups in total. The molecular weight excluding hydrogens is 263 g/mol. The fraction of sp³-hybridized carbons (Fsp3) is 0.0769. The van der Waals surface area contributed by atoms with Crippen LogP contribution in [0.3, 0.4) is 0 Å². The zero-order valence-corrected chi connectivity index (χ0v) is 10.6. The van der Waals surface area contributed by atoms with Crippen LogP contribution in [0, 0.1) is 0 Å². The first-order chi connectivity index (χ1) is 7.66. The van der Waals surface area contributed by atoms with E-state index in [1.807, 2.05) is 48.5 Å². The van der Waals surface area contributed by atoms with Crippen molar-refractivity contribution >= 4 is 34.8 Å². The van der Waals surface area contributed by atoms with Gasteiger partial charge in [0.2, 0.25) is 0 Å². The topological polar surface area (TPSA) is 0 Å². The molecule has 0 bridgehead atoms. The monoisotopic (exact) mass is 270 g/mol. The minimum atomic E-state index is -0.198. The van der Waals surface area contributed by atoms with E-state index in [-0.39, 0.29) is 5.38 Å². The van der Waals surface area contributed by atoms with Crippen molar-refractivity contribution in [2.45, 2.75) is 5.38 Å². The normalized spacial score (nSPS) is 12.4. The molecule has 2 aromatic rings. The van der Waals surface area contributed by atoms with Gasteiger partial charge in [-0.15, -0.1) is 11.6 Å². The van der Waals surface area contributed by atoms with E-state index in [2.05, 4.69) is 0 Å². The molecule has 0 saturated heterocycles. The van der Waals surface area contributed by atoms with Crippen molar-refractivity contribution in [1.82, 2.24) is 0 Å². The van der Waals surface area contributed by atoms with Crippen molar-refractivity contribution in [1.29, 1.82) is 0 Å². The van der Waals surface area contributed by atoms with Gasteiger partial charge in [-0.3, -0.25) is 0 Å². The molecule has 82 valence electrons. The highest BCUT2D eigenvalue weighted by molar-refractivity contribution is 6.31. The van der Waals surface area contributed by atoms with Crippen molar-refractivity contribution in [3.8, 4) is 0 Å². The Morgan fingerprint density at radius 3 is 2.06 bits per heavy atom. The maximum atomic E-state index is 6.35. The summed E-state index contributed by atoms with van der Waals surface area (Å²) in [4.78, 5) is 0. The van der Waals surface area contributed by atoms with Crippen LogP contribution in [0.4, 0.5) is 0 Å². The molecule has 0 radical (unpaired) electrons. The Morgan fingerprint density at radius 1 is 0.750 bits per heavy atom. The quantitative estimate of drug-likeness (QED) is 0.648. The molecule has 0 aliphatic rings. The summed E-state index contributed by atoms with van der Waals surface area (Å²) in [6, 6.07) is 15.0. The molecule has 0 fully saturated rings. The van der Waals surface area contributed by atoms with Crippen molar-refractivity contribution in [2.75, 3.05) is 0 Å². The van der Waals surface area contributed by atoms with E-state index in [0.717, 1.165) is 11.1 Å². The molecule has 0 aliphatic heterocycles. The molecule has 0 saturated carbocycles. The first-order valence-corrected chi connectivity index (χ1v) is 6.01. The van der Waals surface area contributed by atoms with E-state index in [9.17, 15) is 0 Å². The lowest BCUT2D eigenvalue weighted by molar-refractivity contribution is 1.14. The van der Waals surface area contributed by atoms with Gasteiger partial charge in [0.25, 0.3) is 0 Å². The van der Waals surface area contributed by atoms with Crippen LogP contribution in [0.15, 0.2) is 48.5 Å². The minimum absolute atomic E-state index is 0.198. The fourth-order valence-corrected chi connectivity index (χ4v) is 2.09. The Bertz CT molecular complexity index is 477. The van der Waals surface area contributed by atoms with Gasteiger partial charge in [-0.05, 0) is 35.4 Å². The largest absolute Gasteiger partial charge is 0.113 e. The van der Waals surface area contributed by atoms with Gasteiger partial charge in [-0.25, -0.2) is 0 Å². The Hall–Kier alpha value is -0.690. The second-order valence-electron chi connectivity index (χ2n) is 3.47. The standard InChI is InChI=1S/C13H9Cl3/c14-11-6-4-9(5-7-11)13(16)10-2-1-3-12(15)8-10/h1-8,13H. The van der Waals surface area contributed by atoms with Crippen molar-refractivity contribution in [3.63, 3.8) is 0 Å². The summed E-state index contributed by atoms with van der Waals surface area (Å²) in [7, 11) is 0. The van der Waals surface area contributed by atoms with Crippen LogP contribution in [-0.2, 0) is 0 Å².